The van der Waals surface area contributed by atoms with E-state index in [4.69, 9.17) is 5.73 Å². The van der Waals surface area contributed by atoms with Gasteiger partial charge in [-0.3, -0.25) is 33.6 Å². The fourth-order valence-electron chi connectivity index (χ4n) is 5.30. The number of nitrogens with two attached hydrogens (primary N) is 1. The van der Waals surface area contributed by atoms with Crippen LogP contribution >= 0.6 is 37.0 Å². The SMILES string of the molecule is CSCC[C@H](NC(=O)[C@H](CC(C)C)NC(=O)[C@H](Cc1ccc(O)cc1)NC(=O)CNC(=O)[C@H](C)N)C(=O)N[C@@H](CC(C)C)C(=O)N[C@@H](CS)C(=O)N[C@@H](CS)C(=O)O. The minimum atomic E-state index is -1.31. The third-order valence-electron chi connectivity index (χ3n) is 8.40. The Balaban J connectivity index is 3.31. The molecule has 11 N–H and O–H groups in total. The minimum Gasteiger partial charge on any atom is -0.508 e. The fourth-order valence-corrected chi connectivity index (χ4v) is 6.28. The molecule has 7 amide bonds. The molecule has 1 aromatic rings. The van der Waals surface area contributed by atoms with Crippen LogP contribution in [0, 0.1) is 11.8 Å². The van der Waals surface area contributed by atoms with Gasteiger partial charge < -0.3 is 53.2 Å². The lowest BCUT2D eigenvalue weighted by Gasteiger charge is -2.28. The number of aromatic hydroxyl groups is 1. The molecule has 18 nitrogen and oxygen atoms in total. The van der Waals surface area contributed by atoms with Gasteiger partial charge in [-0.05, 0) is 67.7 Å². The summed E-state index contributed by atoms with van der Waals surface area (Å²) in [6, 6.07) is -2.21. The Morgan fingerprint density at radius 2 is 1.07 bits per heavy atom. The third-order valence-corrected chi connectivity index (χ3v) is 9.78. The van der Waals surface area contributed by atoms with Gasteiger partial charge in [-0.25, -0.2) is 4.79 Å². The van der Waals surface area contributed by atoms with E-state index < -0.39 is 96.2 Å². The van der Waals surface area contributed by atoms with Crippen LogP contribution in [0.25, 0.3) is 0 Å². The van der Waals surface area contributed by atoms with Gasteiger partial charge in [0.25, 0.3) is 0 Å². The number of nitrogens with one attached hydrogen (secondary N) is 7. The number of carbonyl (C=O) groups excluding carboxylic acids is 7. The Morgan fingerprint density at radius 3 is 1.52 bits per heavy atom. The number of benzene rings is 1. The van der Waals surface area contributed by atoms with Crippen molar-refractivity contribution in [2.45, 2.75) is 103 Å². The molecule has 58 heavy (non-hydrogen) atoms. The summed E-state index contributed by atoms with van der Waals surface area (Å²) >= 11 is 9.49. The average molecular weight is 873 g/mol. The van der Waals surface area contributed by atoms with Crippen molar-refractivity contribution in [1.82, 2.24) is 37.2 Å². The van der Waals surface area contributed by atoms with Gasteiger partial charge in [0.1, 0.15) is 42.0 Å². The highest BCUT2D eigenvalue weighted by Gasteiger charge is 2.33. The third kappa shape index (κ3) is 19.5. The van der Waals surface area contributed by atoms with Gasteiger partial charge in [0.15, 0.2) is 0 Å². The van der Waals surface area contributed by atoms with Gasteiger partial charge in [-0.1, -0.05) is 39.8 Å². The molecular formula is C37H60N8O10S3. The van der Waals surface area contributed by atoms with Crippen LogP contribution in [0.2, 0.25) is 0 Å². The number of aliphatic carboxylic acids is 1. The molecule has 0 spiro atoms. The number of rotatable bonds is 26. The summed E-state index contributed by atoms with van der Waals surface area (Å²) in [5.74, 6) is -6.45. The Hall–Kier alpha value is -4.21. The zero-order chi connectivity index (χ0) is 44.1. The number of carbonyl (C=O) groups is 8. The lowest BCUT2D eigenvalue weighted by Crippen LogP contribution is -2.60. The number of phenolic OH excluding ortho intramolecular Hbond substituents is 1. The zero-order valence-corrected chi connectivity index (χ0v) is 36.3. The summed E-state index contributed by atoms with van der Waals surface area (Å²) in [6.07, 6.45) is 2.19. The summed E-state index contributed by atoms with van der Waals surface area (Å²) in [5.41, 5.74) is 6.13. The van der Waals surface area contributed by atoms with Gasteiger partial charge in [0, 0.05) is 17.9 Å². The van der Waals surface area contributed by atoms with Crippen LogP contribution in [0.4, 0.5) is 0 Å². The zero-order valence-electron chi connectivity index (χ0n) is 33.7. The van der Waals surface area contributed by atoms with E-state index in [0.717, 1.165) is 0 Å². The quantitative estimate of drug-likeness (QED) is 0.0505. The van der Waals surface area contributed by atoms with Crippen molar-refractivity contribution < 1.29 is 48.6 Å². The van der Waals surface area contributed by atoms with Gasteiger partial charge >= 0.3 is 5.97 Å². The summed E-state index contributed by atoms with van der Waals surface area (Å²) in [4.78, 5) is 104. The van der Waals surface area contributed by atoms with E-state index in [1.807, 2.05) is 34.0 Å². The molecular weight excluding hydrogens is 813 g/mol. The number of hydrogen-bond acceptors (Lipinski definition) is 13. The molecule has 326 valence electrons. The maximum absolute atomic E-state index is 13.9. The van der Waals surface area contributed by atoms with E-state index in [0.29, 0.717) is 11.3 Å². The molecule has 21 heteroatoms. The summed E-state index contributed by atoms with van der Waals surface area (Å²) in [6.45, 7) is 8.27. The van der Waals surface area contributed by atoms with Crippen LogP contribution in [0.3, 0.4) is 0 Å². The molecule has 0 aliphatic rings. The summed E-state index contributed by atoms with van der Waals surface area (Å²) < 4.78 is 0. The molecule has 7 atom stereocenters. The Bertz CT molecular complexity index is 1550. The van der Waals surface area contributed by atoms with Crippen molar-refractivity contribution in [3.05, 3.63) is 29.8 Å². The van der Waals surface area contributed by atoms with E-state index in [2.05, 4.69) is 62.5 Å². The number of thioether (sulfide) groups is 1. The van der Waals surface area contributed by atoms with Crippen molar-refractivity contribution >= 4 is 84.3 Å². The molecule has 0 bridgehead atoms. The van der Waals surface area contributed by atoms with Gasteiger partial charge in [-0.15, -0.1) is 0 Å². The number of amides is 7. The van der Waals surface area contributed by atoms with Crippen LogP contribution in [-0.4, -0.2) is 130 Å². The molecule has 0 fully saturated rings. The Labute approximate surface area is 354 Å². The van der Waals surface area contributed by atoms with Crippen molar-refractivity contribution in [1.29, 1.82) is 0 Å². The van der Waals surface area contributed by atoms with E-state index in [1.54, 1.807) is 12.1 Å². The second-order valence-electron chi connectivity index (χ2n) is 14.5. The van der Waals surface area contributed by atoms with Crippen molar-refractivity contribution in [3.8, 4) is 5.75 Å². The van der Waals surface area contributed by atoms with E-state index >= 15 is 0 Å². The standard InChI is InChI=1S/C37H60N8O10S3/c1-19(2)13-25(43-35(52)27(15-22-7-9-23(46)10-8-22)40-30(47)16-39-31(48)21(5)38)33(50)41-24(11-12-58-6)32(49)42-26(14-20(3)4)34(51)44-28(17-56)36(53)45-29(18-57)37(54)55/h7-10,19-21,24-29,46,56-57H,11-18,38H2,1-6H3,(H,39,48)(H,40,47)(H,41,50)(H,42,49)(H,43,52)(H,44,51)(H,45,53)(H,54,55)/t21-,24-,25-,26-,27-,28-,29-/m0/s1. The van der Waals surface area contributed by atoms with Crippen LogP contribution in [0.15, 0.2) is 24.3 Å². The molecule has 1 aromatic carbocycles. The highest BCUT2D eigenvalue weighted by Crippen LogP contribution is 2.14. The summed E-state index contributed by atoms with van der Waals surface area (Å²) in [5, 5.41) is 36.9. The highest BCUT2D eigenvalue weighted by atomic mass is 32.2. The predicted octanol–water partition coefficient (Wildman–Crippen LogP) is -0.904. The normalized spacial score (nSPS) is 14.7. The van der Waals surface area contributed by atoms with Crippen molar-refractivity contribution in [2.75, 3.05) is 30.1 Å². The fraction of sp³-hybridized carbons (Fsp3) is 0.622. The molecule has 0 saturated heterocycles. The summed E-state index contributed by atoms with van der Waals surface area (Å²) in [7, 11) is 0. The number of phenols is 1. The van der Waals surface area contributed by atoms with Gasteiger partial charge in [0.05, 0.1) is 12.6 Å². The largest absolute Gasteiger partial charge is 0.508 e. The number of carboxylic acids is 1. The predicted molar refractivity (Wildman–Crippen MR) is 227 cm³/mol. The van der Waals surface area contributed by atoms with Crippen molar-refractivity contribution in [2.24, 2.45) is 17.6 Å². The molecule has 0 saturated carbocycles. The highest BCUT2D eigenvalue weighted by molar-refractivity contribution is 7.98. The number of carboxylic acid groups (broad SMARTS) is 1. The van der Waals surface area contributed by atoms with E-state index in [1.165, 1.54) is 30.8 Å². The maximum atomic E-state index is 13.9. The number of thiol groups is 2. The molecule has 0 unspecified atom stereocenters. The van der Waals surface area contributed by atoms with Gasteiger partial charge in [-0.2, -0.15) is 37.0 Å². The number of hydrogen-bond donors (Lipinski definition) is 12. The monoisotopic (exact) mass is 872 g/mol. The Morgan fingerprint density at radius 1 is 0.638 bits per heavy atom. The van der Waals surface area contributed by atoms with Crippen LogP contribution in [0.5, 0.6) is 5.75 Å². The van der Waals surface area contributed by atoms with Crippen molar-refractivity contribution in [3.63, 3.8) is 0 Å². The van der Waals surface area contributed by atoms with Gasteiger partial charge in [0.2, 0.25) is 41.4 Å². The first kappa shape index (κ1) is 51.8. The molecule has 1 rings (SSSR count). The lowest BCUT2D eigenvalue weighted by atomic mass is 10.00. The van der Waals surface area contributed by atoms with E-state index in [-0.39, 0.29) is 54.8 Å². The lowest BCUT2D eigenvalue weighted by molar-refractivity contribution is -0.141. The first-order valence-corrected chi connectivity index (χ1v) is 21.4. The minimum absolute atomic E-state index is 0.0119. The second kappa shape index (κ2) is 26.7. The average Bonchev–Trinajstić information content (AvgIpc) is 3.15. The molecule has 0 aliphatic heterocycles. The van der Waals surface area contributed by atoms with E-state index in [9.17, 15) is 48.6 Å². The topological polar surface area (TPSA) is 287 Å². The molecule has 0 aromatic heterocycles. The maximum Gasteiger partial charge on any atom is 0.327 e. The smallest absolute Gasteiger partial charge is 0.327 e. The van der Waals surface area contributed by atoms with Crippen LogP contribution in [0.1, 0.15) is 59.4 Å². The second-order valence-corrected chi connectivity index (χ2v) is 16.3. The molecule has 0 heterocycles. The Kier molecular flexibility index (Phi) is 23.9. The first-order valence-electron chi connectivity index (χ1n) is 18.8. The molecule has 0 radical (unpaired) electrons. The van der Waals surface area contributed by atoms with Crippen LogP contribution in [-0.2, 0) is 44.8 Å². The molecule has 0 aliphatic carbocycles. The first-order chi connectivity index (χ1) is 27.2. The van der Waals surface area contributed by atoms with Crippen LogP contribution < -0.4 is 43.0 Å².